The maximum Gasteiger partial charge on any atom is 0.291 e. The molecule has 22 heavy (non-hydrogen) atoms. The molecule has 0 radical (unpaired) electrons. The highest BCUT2D eigenvalue weighted by Gasteiger charge is 2.21. The van der Waals surface area contributed by atoms with Crippen molar-refractivity contribution in [3.8, 4) is 5.75 Å². The number of phenols is 1. The van der Waals surface area contributed by atoms with Gasteiger partial charge in [0.05, 0.1) is 12.0 Å². The van der Waals surface area contributed by atoms with E-state index in [-0.39, 0.29) is 23.1 Å². The van der Waals surface area contributed by atoms with Crippen molar-refractivity contribution in [3.63, 3.8) is 0 Å². The summed E-state index contributed by atoms with van der Waals surface area (Å²) in [6.45, 7) is 5.38. The Morgan fingerprint density at radius 3 is 2.41 bits per heavy atom. The van der Waals surface area contributed by atoms with Crippen LogP contribution in [0.15, 0.2) is 41.0 Å². The van der Waals surface area contributed by atoms with Gasteiger partial charge in [-0.05, 0) is 24.3 Å². The van der Waals surface area contributed by atoms with Crippen LogP contribution >= 0.6 is 0 Å². The summed E-state index contributed by atoms with van der Waals surface area (Å²) in [6.07, 6.45) is 1.39. The Balaban J connectivity index is 2.10. The predicted octanol–water partition coefficient (Wildman–Crippen LogP) is 3.22. The number of hydrogen-bond acceptors (Lipinski definition) is 4. The first-order valence-corrected chi connectivity index (χ1v) is 6.77. The molecule has 2 rings (SSSR count). The third-order valence-corrected chi connectivity index (χ3v) is 2.93. The van der Waals surface area contributed by atoms with Gasteiger partial charge in [0.1, 0.15) is 5.75 Å². The average Bonchev–Trinajstić information content (AvgIpc) is 2.94. The Bertz CT molecular complexity index is 685. The zero-order valence-electron chi connectivity index (χ0n) is 12.6. The minimum Gasteiger partial charge on any atom is -0.506 e. The van der Waals surface area contributed by atoms with Crippen LogP contribution in [-0.4, -0.2) is 16.9 Å². The maximum absolute atomic E-state index is 11.9. The first-order valence-electron chi connectivity index (χ1n) is 6.77. The van der Waals surface area contributed by atoms with E-state index in [4.69, 9.17) is 4.42 Å². The van der Waals surface area contributed by atoms with Gasteiger partial charge in [-0.25, -0.2) is 0 Å². The molecular weight excluding hydrogens is 284 g/mol. The fourth-order valence-electron chi connectivity index (χ4n) is 1.63. The molecule has 0 aliphatic heterocycles. The fourth-order valence-corrected chi connectivity index (χ4v) is 1.63. The van der Waals surface area contributed by atoms with Gasteiger partial charge < -0.3 is 20.2 Å². The molecular formula is C16H18N2O4. The number of nitrogens with one attached hydrogen (secondary N) is 2. The Morgan fingerprint density at radius 2 is 1.86 bits per heavy atom. The summed E-state index contributed by atoms with van der Waals surface area (Å²) in [5.74, 6) is -0.637. The molecule has 6 heteroatoms. The molecule has 2 aromatic rings. The second-order valence-corrected chi connectivity index (χ2v) is 5.87. The van der Waals surface area contributed by atoms with E-state index in [1.54, 1.807) is 32.9 Å². The zero-order valence-corrected chi connectivity index (χ0v) is 12.6. The van der Waals surface area contributed by atoms with Gasteiger partial charge in [0, 0.05) is 17.2 Å². The molecule has 1 aromatic carbocycles. The van der Waals surface area contributed by atoms with Crippen LogP contribution in [0.1, 0.15) is 31.3 Å². The minimum absolute atomic E-state index is 0.143. The Morgan fingerprint density at radius 1 is 1.14 bits per heavy atom. The molecule has 1 heterocycles. The molecule has 0 aliphatic rings. The van der Waals surface area contributed by atoms with Gasteiger partial charge in [-0.2, -0.15) is 0 Å². The van der Waals surface area contributed by atoms with Gasteiger partial charge in [-0.1, -0.05) is 20.8 Å². The molecule has 0 spiro atoms. The molecule has 3 N–H and O–H groups in total. The predicted molar refractivity (Wildman–Crippen MR) is 82.9 cm³/mol. The largest absolute Gasteiger partial charge is 0.506 e. The number of phenolic OH excluding ortho intramolecular Hbond substituents is 1. The lowest BCUT2D eigenvalue weighted by atomic mass is 9.95. The number of benzene rings is 1. The van der Waals surface area contributed by atoms with Crippen molar-refractivity contribution in [1.82, 2.24) is 0 Å². The van der Waals surface area contributed by atoms with Crippen molar-refractivity contribution in [2.24, 2.45) is 5.41 Å². The second kappa shape index (κ2) is 5.93. The quantitative estimate of drug-likeness (QED) is 0.759. The molecule has 6 nitrogen and oxygen atoms in total. The van der Waals surface area contributed by atoms with E-state index in [0.717, 1.165) is 0 Å². The van der Waals surface area contributed by atoms with E-state index in [1.165, 1.54) is 24.5 Å². The lowest BCUT2D eigenvalue weighted by molar-refractivity contribution is -0.123. The van der Waals surface area contributed by atoms with Gasteiger partial charge in [0.25, 0.3) is 5.91 Å². The van der Waals surface area contributed by atoms with Crippen molar-refractivity contribution in [3.05, 3.63) is 42.4 Å². The Labute approximate surface area is 128 Å². The SMILES string of the molecule is CC(C)(C)C(=O)Nc1ccc(NC(=O)c2ccco2)c(O)c1. The second-order valence-electron chi connectivity index (χ2n) is 5.87. The number of carbonyl (C=O) groups is 2. The molecule has 0 saturated carbocycles. The van der Waals surface area contributed by atoms with Crippen LogP contribution in [-0.2, 0) is 4.79 Å². The van der Waals surface area contributed by atoms with Crippen LogP contribution < -0.4 is 10.6 Å². The maximum atomic E-state index is 11.9. The van der Waals surface area contributed by atoms with Crippen molar-refractivity contribution >= 4 is 23.2 Å². The third-order valence-electron chi connectivity index (χ3n) is 2.93. The molecule has 0 unspecified atom stereocenters. The lowest BCUT2D eigenvalue weighted by Crippen LogP contribution is -2.27. The fraction of sp³-hybridized carbons (Fsp3) is 0.250. The summed E-state index contributed by atoms with van der Waals surface area (Å²) < 4.78 is 4.97. The molecule has 1 aromatic heterocycles. The number of aromatic hydroxyl groups is 1. The van der Waals surface area contributed by atoms with Crippen LogP contribution in [0.2, 0.25) is 0 Å². The molecule has 0 saturated heterocycles. The topological polar surface area (TPSA) is 91.6 Å². The highest BCUT2D eigenvalue weighted by atomic mass is 16.3. The van der Waals surface area contributed by atoms with Crippen molar-refractivity contribution in [2.45, 2.75) is 20.8 Å². The summed E-state index contributed by atoms with van der Waals surface area (Å²) in [5.41, 5.74) is 0.144. The van der Waals surface area contributed by atoms with Gasteiger partial charge in [0.15, 0.2) is 5.76 Å². The summed E-state index contributed by atoms with van der Waals surface area (Å²) in [4.78, 5) is 23.7. The number of anilines is 2. The average molecular weight is 302 g/mol. The van der Waals surface area contributed by atoms with E-state index in [1.807, 2.05) is 0 Å². The highest BCUT2D eigenvalue weighted by molar-refractivity contribution is 6.03. The smallest absolute Gasteiger partial charge is 0.291 e. The number of carbonyl (C=O) groups excluding carboxylic acids is 2. The number of rotatable bonds is 3. The summed E-state index contributed by atoms with van der Waals surface area (Å²) in [6, 6.07) is 7.60. The Hall–Kier alpha value is -2.76. The van der Waals surface area contributed by atoms with E-state index < -0.39 is 11.3 Å². The minimum atomic E-state index is -0.540. The molecule has 0 aliphatic carbocycles. The van der Waals surface area contributed by atoms with E-state index in [2.05, 4.69) is 10.6 Å². The van der Waals surface area contributed by atoms with Crippen molar-refractivity contribution in [1.29, 1.82) is 0 Å². The van der Waals surface area contributed by atoms with Crippen LogP contribution in [0.4, 0.5) is 11.4 Å². The number of hydrogen-bond donors (Lipinski definition) is 3. The molecule has 0 bridgehead atoms. The summed E-state index contributed by atoms with van der Waals surface area (Å²) in [5, 5.41) is 15.2. The zero-order chi connectivity index (χ0) is 16.3. The number of amides is 2. The van der Waals surface area contributed by atoms with E-state index in [9.17, 15) is 14.7 Å². The number of furan rings is 1. The summed E-state index contributed by atoms with van der Waals surface area (Å²) >= 11 is 0. The molecule has 0 atom stereocenters. The summed E-state index contributed by atoms with van der Waals surface area (Å²) in [7, 11) is 0. The molecule has 116 valence electrons. The van der Waals surface area contributed by atoms with Crippen LogP contribution in [0, 0.1) is 5.41 Å². The van der Waals surface area contributed by atoms with Crippen molar-refractivity contribution < 1.29 is 19.1 Å². The monoisotopic (exact) mass is 302 g/mol. The first kappa shape index (κ1) is 15.6. The van der Waals surface area contributed by atoms with Crippen LogP contribution in [0.3, 0.4) is 0 Å². The molecule has 2 amide bonds. The van der Waals surface area contributed by atoms with Gasteiger partial charge in [-0.3, -0.25) is 9.59 Å². The normalized spacial score (nSPS) is 11.0. The highest BCUT2D eigenvalue weighted by Crippen LogP contribution is 2.28. The van der Waals surface area contributed by atoms with Gasteiger partial charge in [0.2, 0.25) is 5.91 Å². The molecule has 0 fully saturated rings. The van der Waals surface area contributed by atoms with Crippen LogP contribution in [0.25, 0.3) is 0 Å². The first-order chi connectivity index (χ1) is 10.3. The van der Waals surface area contributed by atoms with Crippen LogP contribution in [0.5, 0.6) is 5.75 Å². The van der Waals surface area contributed by atoms with Gasteiger partial charge in [-0.15, -0.1) is 0 Å². The van der Waals surface area contributed by atoms with Gasteiger partial charge >= 0.3 is 0 Å². The van der Waals surface area contributed by atoms with E-state index in [0.29, 0.717) is 5.69 Å². The standard InChI is InChI=1S/C16H18N2O4/c1-16(2,3)15(21)17-10-6-7-11(12(19)9-10)18-14(20)13-5-4-8-22-13/h4-9,19H,1-3H3,(H,17,21)(H,18,20). The van der Waals surface area contributed by atoms with E-state index >= 15 is 0 Å². The Kier molecular flexibility index (Phi) is 4.21. The van der Waals surface area contributed by atoms with Crippen molar-refractivity contribution in [2.75, 3.05) is 10.6 Å². The third kappa shape index (κ3) is 3.66. The lowest BCUT2D eigenvalue weighted by Gasteiger charge is -2.18.